The predicted molar refractivity (Wildman–Crippen MR) is 117 cm³/mol. The SMILES string of the molecule is CN=C(NCCC(=O)N(C)C)N1CCN(c2ccccc2OC)CC1.I. The Balaban J connectivity index is 0.00000338. The molecule has 0 unspecified atom stereocenters. The van der Waals surface area contributed by atoms with Crippen molar-refractivity contribution in [1.82, 2.24) is 15.1 Å². The highest BCUT2D eigenvalue weighted by Crippen LogP contribution is 2.28. The normalized spacial score (nSPS) is 14.5. The maximum Gasteiger partial charge on any atom is 0.223 e. The molecule has 0 atom stereocenters. The number of nitrogens with zero attached hydrogens (tertiary/aromatic N) is 4. The lowest BCUT2D eigenvalue weighted by atomic mass is 10.2. The summed E-state index contributed by atoms with van der Waals surface area (Å²) < 4.78 is 5.46. The minimum Gasteiger partial charge on any atom is -0.495 e. The van der Waals surface area contributed by atoms with Gasteiger partial charge in [-0.1, -0.05) is 12.1 Å². The number of nitrogens with one attached hydrogen (secondary N) is 1. The second-order valence-electron chi connectivity index (χ2n) is 6.16. The van der Waals surface area contributed by atoms with Gasteiger partial charge in [0.05, 0.1) is 12.8 Å². The van der Waals surface area contributed by atoms with E-state index in [1.54, 1.807) is 33.2 Å². The Morgan fingerprint density at radius 2 is 1.88 bits per heavy atom. The summed E-state index contributed by atoms with van der Waals surface area (Å²) in [7, 11) is 7.03. The zero-order valence-corrected chi connectivity index (χ0v) is 18.4. The standard InChI is InChI=1S/C18H29N5O2.HI/c1-19-18(20-10-9-17(24)21(2)3)23-13-11-22(12-14-23)15-7-5-6-8-16(15)25-4;/h5-8H,9-14H2,1-4H3,(H,19,20);1H. The molecule has 146 valence electrons. The van der Waals surface area contributed by atoms with E-state index < -0.39 is 0 Å². The third-order valence-corrected chi connectivity index (χ3v) is 4.34. The van der Waals surface area contributed by atoms with Crippen LogP contribution in [-0.2, 0) is 4.79 Å². The number of ether oxygens (including phenoxy) is 1. The van der Waals surface area contributed by atoms with Crippen LogP contribution in [0.2, 0.25) is 0 Å². The largest absolute Gasteiger partial charge is 0.495 e. The summed E-state index contributed by atoms with van der Waals surface area (Å²) in [5.74, 6) is 1.87. The summed E-state index contributed by atoms with van der Waals surface area (Å²) in [6, 6.07) is 8.10. The first kappa shape index (κ1) is 22.3. The number of halogens is 1. The average molecular weight is 475 g/mol. The Hall–Kier alpha value is -1.71. The number of carbonyl (C=O) groups excluding carboxylic acids is 1. The van der Waals surface area contributed by atoms with E-state index in [1.807, 2.05) is 18.2 Å². The fraction of sp³-hybridized carbons (Fsp3) is 0.556. The molecule has 1 aromatic carbocycles. The van der Waals surface area contributed by atoms with Crippen LogP contribution >= 0.6 is 24.0 Å². The van der Waals surface area contributed by atoms with Crippen molar-refractivity contribution in [2.75, 3.05) is 65.9 Å². The van der Waals surface area contributed by atoms with Crippen LogP contribution in [0.15, 0.2) is 29.3 Å². The van der Waals surface area contributed by atoms with Gasteiger partial charge in [-0.15, -0.1) is 24.0 Å². The lowest BCUT2D eigenvalue weighted by Gasteiger charge is -2.38. The second-order valence-corrected chi connectivity index (χ2v) is 6.16. The Bertz CT molecular complexity index is 601. The van der Waals surface area contributed by atoms with Crippen molar-refractivity contribution in [3.05, 3.63) is 24.3 Å². The first-order valence-corrected chi connectivity index (χ1v) is 8.60. The summed E-state index contributed by atoms with van der Waals surface area (Å²) >= 11 is 0. The molecule has 0 saturated carbocycles. The third kappa shape index (κ3) is 5.93. The molecular formula is C18H30IN5O2. The van der Waals surface area contributed by atoms with Gasteiger partial charge in [0, 0.05) is 60.3 Å². The van der Waals surface area contributed by atoms with Crippen LogP contribution in [0.1, 0.15) is 6.42 Å². The summed E-state index contributed by atoms with van der Waals surface area (Å²) in [5.41, 5.74) is 1.13. The van der Waals surface area contributed by atoms with Gasteiger partial charge in [0.25, 0.3) is 0 Å². The van der Waals surface area contributed by atoms with Gasteiger partial charge in [0.2, 0.25) is 5.91 Å². The molecule has 1 aliphatic rings. The van der Waals surface area contributed by atoms with E-state index in [1.165, 1.54) is 0 Å². The molecule has 0 spiro atoms. The number of anilines is 1. The van der Waals surface area contributed by atoms with Gasteiger partial charge in [-0.3, -0.25) is 9.79 Å². The molecule has 1 aromatic rings. The molecular weight excluding hydrogens is 445 g/mol. The third-order valence-electron chi connectivity index (χ3n) is 4.34. The highest BCUT2D eigenvalue weighted by molar-refractivity contribution is 14.0. The van der Waals surface area contributed by atoms with E-state index in [0.717, 1.165) is 43.6 Å². The van der Waals surface area contributed by atoms with E-state index in [9.17, 15) is 4.79 Å². The minimum absolute atomic E-state index is 0. The molecule has 1 N–H and O–H groups in total. The maximum absolute atomic E-state index is 11.7. The molecule has 7 nitrogen and oxygen atoms in total. The van der Waals surface area contributed by atoms with Crippen molar-refractivity contribution in [2.24, 2.45) is 4.99 Å². The van der Waals surface area contributed by atoms with Crippen molar-refractivity contribution >= 4 is 41.5 Å². The van der Waals surface area contributed by atoms with Crippen LogP contribution in [0.5, 0.6) is 5.75 Å². The van der Waals surface area contributed by atoms with E-state index in [0.29, 0.717) is 13.0 Å². The number of para-hydroxylation sites is 2. The van der Waals surface area contributed by atoms with Crippen molar-refractivity contribution in [3.63, 3.8) is 0 Å². The highest BCUT2D eigenvalue weighted by Gasteiger charge is 2.21. The van der Waals surface area contributed by atoms with Gasteiger partial charge < -0.3 is 24.8 Å². The fourth-order valence-corrected chi connectivity index (χ4v) is 2.89. The smallest absolute Gasteiger partial charge is 0.223 e. The molecule has 0 bridgehead atoms. The van der Waals surface area contributed by atoms with Crippen molar-refractivity contribution in [3.8, 4) is 5.75 Å². The number of aliphatic imine (C=N–C) groups is 1. The van der Waals surface area contributed by atoms with E-state index in [2.05, 4.69) is 26.2 Å². The van der Waals surface area contributed by atoms with Gasteiger partial charge in [-0.2, -0.15) is 0 Å². The second kappa shape index (κ2) is 11.1. The van der Waals surface area contributed by atoms with Gasteiger partial charge in [0.15, 0.2) is 5.96 Å². The van der Waals surface area contributed by atoms with Crippen molar-refractivity contribution in [2.45, 2.75) is 6.42 Å². The van der Waals surface area contributed by atoms with Crippen molar-refractivity contribution < 1.29 is 9.53 Å². The molecule has 1 aliphatic heterocycles. The van der Waals surface area contributed by atoms with Crippen LogP contribution < -0.4 is 15.0 Å². The number of methoxy groups -OCH3 is 1. The van der Waals surface area contributed by atoms with E-state index in [4.69, 9.17) is 4.74 Å². The molecule has 1 fully saturated rings. The first-order chi connectivity index (χ1) is 12.1. The van der Waals surface area contributed by atoms with Crippen molar-refractivity contribution in [1.29, 1.82) is 0 Å². The monoisotopic (exact) mass is 475 g/mol. The molecule has 8 heteroatoms. The quantitative estimate of drug-likeness (QED) is 0.398. The Kier molecular flexibility index (Phi) is 9.53. The van der Waals surface area contributed by atoms with Gasteiger partial charge in [-0.25, -0.2) is 0 Å². The van der Waals surface area contributed by atoms with E-state index >= 15 is 0 Å². The van der Waals surface area contributed by atoms with Crippen LogP contribution in [0.3, 0.4) is 0 Å². The molecule has 0 radical (unpaired) electrons. The summed E-state index contributed by atoms with van der Waals surface area (Å²) in [4.78, 5) is 22.2. The summed E-state index contributed by atoms with van der Waals surface area (Å²) in [5, 5.41) is 3.29. The Labute approximate surface area is 173 Å². The maximum atomic E-state index is 11.7. The Morgan fingerprint density at radius 3 is 2.46 bits per heavy atom. The van der Waals surface area contributed by atoms with Crippen LogP contribution in [0.4, 0.5) is 5.69 Å². The molecule has 2 rings (SSSR count). The number of amides is 1. The molecule has 26 heavy (non-hydrogen) atoms. The fourth-order valence-electron chi connectivity index (χ4n) is 2.89. The van der Waals surface area contributed by atoms with Gasteiger partial charge in [-0.05, 0) is 12.1 Å². The summed E-state index contributed by atoms with van der Waals surface area (Å²) in [6.07, 6.45) is 0.465. The number of carbonyl (C=O) groups is 1. The van der Waals surface area contributed by atoms with Gasteiger partial charge >= 0.3 is 0 Å². The lowest BCUT2D eigenvalue weighted by Crippen LogP contribution is -2.53. The first-order valence-electron chi connectivity index (χ1n) is 8.60. The zero-order chi connectivity index (χ0) is 18.2. The molecule has 1 amide bonds. The van der Waals surface area contributed by atoms with Crippen LogP contribution in [0.25, 0.3) is 0 Å². The predicted octanol–water partition coefficient (Wildman–Crippen LogP) is 1.49. The number of guanidine groups is 1. The minimum atomic E-state index is 0. The number of benzene rings is 1. The summed E-state index contributed by atoms with van der Waals surface area (Å²) in [6.45, 7) is 4.14. The molecule has 1 saturated heterocycles. The van der Waals surface area contributed by atoms with Crippen LogP contribution in [-0.4, -0.2) is 82.6 Å². The number of piperazine rings is 1. The highest BCUT2D eigenvalue weighted by atomic mass is 127. The zero-order valence-electron chi connectivity index (χ0n) is 16.1. The lowest BCUT2D eigenvalue weighted by molar-refractivity contribution is -0.128. The number of rotatable bonds is 5. The number of hydrogen-bond donors (Lipinski definition) is 1. The number of hydrogen-bond acceptors (Lipinski definition) is 4. The van der Waals surface area contributed by atoms with Crippen LogP contribution in [0, 0.1) is 0 Å². The van der Waals surface area contributed by atoms with Gasteiger partial charge in [0.1, 0.15) is 5.75 Å². The Morgan fingerprint density at radius 1 is 1.23 bits per heavy atom. The molecule has 1 heterocycles. The van der Waals surface area contributed by atoms with E-state index in [-0.39, 0.29) is 29.9 Å². The topological polar surface area (TPSA) is 60.4 Å². The molecule has 0 aliphatic carbocycles. The average Bonchev–Trinajstić information content (AvgIpc) is 2.65. The molecule has 0 aromatic heterocycles.